The third-order valence-electron chi connectivity index (χ3n) is 6.00. The third-order valence-corrected chi connectivity index (χ3v) is 6.00. The Morgan fingerprint density at radius 1 is 1.06 bits per heavy atom. The van der Waals surface area contributed by atoms with E-state index in [9.17, 15) is 14.7 Å². The first-order chi connectivity index (χ1) is 15.8. The second kappa shape index (κ2) is 8.90. The normalized spacial score (nSPS) is 17.5. The van der Waals surface area contributed by atoms with Crippen LogP contribution in [0.4, 0.5) is 0 Å². The molecule has 1 aliphatic heterocycles. The summed E-state index contributed by atoms with van der Waals surface area (Å²) in [5, 5.41) is 11.3. The molecule has 1 aromatic heterocycles. The predicted octanol–water partition coefficient (Wildman–Crippen LogP) is 4.64. The lowest BCUT2D eigenvalue weighted by molar-refractivity contribution is -0.140. The van der Waals surface area contributed by atoms with Crippen molar-refractivity contribution >= 4 is 17.4 Å². The van der Waals surface area contributed by atoms with Crippen molar-refractivity contribution in [2.24, 2.45) is 0 Å². The number of carbonyl (C=O) groups is 2. The molecule has 0 bridgehead atoms. The Labute approximate surface area is 193 Å². The minimum atomic E-state index is -0.774. The molecule has 1 unspecified atom stereocenters. The number of aliphatic hydroxyl groups is 1. The fourth-order valence-electron chi connectivity index (χ4n) is 4.23. The minimum absolute atomic E-state index is 0.0298. The van der Waals surface area contributed by atoms with Gasteiger partial charge in [0.1, 0.15) is 11.5 Å². The zero-order chi connectivity index (χ0) is 23.7. The molecule has 6 heteroatoms. The fourth-order valence-corrected chi connectivity index (χ4v) is 4.23. The van der Waals surface area contributed by atoms with Crippen LogP contribution < -0.4 is 4.74 Å². The highest BCUT2D eigenvalue weighted by Gasteiger charge is 2.46. The molecular weight excluding hydrogens is 416 g/mol. The van der Waals surface area contributed by atoms with Crippen molar-refractivity contribution in [2.75, 3.05) is 7.11 Å². The van der Waals surface area contributed by atoms with Crippen LogP contribution in [-0.2, 0) is 16.1 Å². The lowest BCUT2D eigenvalue weighted by Crippen LogP contribution is -2.29. The van der Waals surface area contributed by atoms with Crippen molar-refractivity contribution in [1.29, 1.82) is 0 Å². The molecule has 1 saturated heterocycles. The second-order valence-corrected chi connectivity index (χ2v) is 8.35. The molecule has 1 atom stereocenters. The van der Waals surface area contributed by atoms with Gasteiger partial charge in [-0.15, -0.1) is 0 Å². The Kier molecular flexibility index (Phi) is 6.01. The van der Waals surface area contributed by atoms with Gasteiger partial charge in [0.15, 0.2) is 0 Å². The molecule has 1 fully saturated rings. The van der Waals surface area contributed by atoms with Gasteiger partial charge in [-0.1, -0.05) is 41.5 Å². The van der Waals surface area contributed by atoms with E-state index < -0.39 is 17.7 Å². The number of nitrogens with zero attached hydrogens (tertiary/aromatic N) is 2. The van der Waals surface area contributed by atoms with Crippen LogP contribution in [0.25, 0.3) is 5.76 Å². The van der Waals surface area contributed by atoms with Gasteiger partial charge in [0.2, 0.25) is 0 Å². The van der Waals surface area contributed by atoms with Crippen molar-refractivity contribution in [1.82, 2.24) is 9.88 Å². The predicted molar refractivity (Wildman–Crippen MR) is 126 cm³/mol. The summed E-state index contributed by atoms with van der Waals surface area (Å²) >= 11 is 0. The number of carbonyl (C=O) groups excluding carboxylic acids is 2. The average molecular weight is 443 g/mol. The van der Waals surface area contributed by atoms with Gasteiger partial charge in [-0.25, -0.2) is 0 Å². The SMILES string of the molecule is COc1ccc(C)cc1/C(O)=C1\C(=O)C(=O)N(Cc2cc(C)ccc2C)C1c1cccnc1. The molecule has 0 aliphatic carbocycles. The van der Waals surface area contributed by atoms with E-state index in [0.29, 0.717) is 16.9 Å². The van der Waals surface area contributed by atoms with Crippen molar-refractivity contribution < 1.29 is 19.4 Å². The zero-order valence-corrected chi connectivity index (χ0v) is 19.1. The monoisotopic (exact) mass is 442 g/mol. The van der Waals surface area contributed by atoms with Gasteiger partial charge in [0, 0.05) is 18.9 Å². The standard InChI is InChI=1S/C27H26N2O4/c1-16-7-9-18(3)20(12-16)15-29-24(19-6-5-11-28-14-19)23(26(31)27(29)32)25(30)21-13-17(2)8-10-22(21)33-4/h5-14,24,30H,15H2,1-4H3/b25-23+. The van der Waals surface area contributed by atoms with Crippen molar-refractivity contribution in [3.05, 3.63) is 99.9 Å². The number of aromatic nitrogens is 1. The van der Waals surface area contributed by atoms with Crippen LogP contribution in [0.1, 0.15) is 39.4 Å². The molecule has 168 valence electrons. The Bertz CT molecular complexity index is 1260. The summed E-state index contributed by atoms with van der Waals surface area (Å²) in [5.41, 5.74) is 4.97. The first-order valence-corrected chi connectivity index (χ1v) is 10.7. The highest BCUT2D eigenvalue weighted by molar-refractivity contribution is 6.46. The van der Waals surface area contributed by atoms with Gasteiger partial charge in [-0.2, -0.15) is 0 Å². The largest absolute Gasteiger partial charge is 0.507 e. The van der Waals surface area contributed by atoms with E-state index in [0.717, 1.165) is 22.3 Å². The van der Waals surface area contributed by atoms with E-state index in [-0.39, 0.29) is 17.9 Å². The van der Waals surface area contributed by atoms with Crippen LogP contribution in [0.15, 0.2) is 66.5 Å². The molecule has 0 radical (unpaired) electrons. The maximum Gasteiger partial charge on any atom is 0.295 e. The summed E-state index contributed by atoms with van der Waals surface area (Å²) in [4.78, 5) is 32.2. The van der Waals surface area contributed by atoms with Gasteiger partial charge in [0.05, 0.1) is 24.3 Å². The van der Waals surface area contributed by atoms with Gasteiger partial charge in [0.25, 0.3) is 11.7 Å². The summed E-state index contributed by atoms with van der Waals surface area (Å²) in [7, 11) is 1.50. The summed E-state index contributed by atoms with van der Waals surface area (Å²) in [6, 6.07) is 14.1. The van der Waals surface area contributed by atoms with Gasteiger partial charge < -0.3 is 14.7 Å². The van der Waals surface area contributed by atoms with Crippen molar-refractivity contribution in [3.63, 3.8) is 0 Å². The smallest absolute Gasteiger partial charge is 0.295 e. The first-order valence-electron chi connectivity index (χ1n) is 10.7. The molecule has 4 rings (SSSR count). The topological polar surface area (TPSA) is 79.7 Å². The lowest BCUT2D eigenvalue weighted by atomic mass is 9.95. The number of likely N-dealkylation sites (tertiary alicyclic amines) is 1. The van der Waals surface area contributed by atoms with Crippen LogP contribution in [0.2, 0.25) is 0 Å². The molecule has 1 amide bonds. The van der Waals surface area contributed by atoms with Crippen LogP contribution in [0, 0.1) is 20.8 Å². The number of aliphatic hydroxyl groups excluding tert-OH is 1. The van der Waals surface area contributed by atoms with Gasteiger partial charge >= 0.3 is 0 Å². The van der Waals surface area contributed by atoms with E-state index in [2.05, 4.69) is 4.98 Å². The molecule has 33 heavy (non-hydrogen) atoms. The molecule has 6 nitrogen and oxygen atoms in total. The maximum atomic E-state index is 13.3. The number of aryl methyl sites for hydroxylation is 3. The van der Waals surface area contributed by atoms with Crippen molar-refractivity contribution in [2.45, 2.75) is 33.4 Å². The van der Waals surface area contributed by atoms with Crippen LogP contribution >= 0.6 is 0 Å². The number of benzene rings is 2. The number of Topliss-reactive ketones (excluding diaryl/α,β-unsaturated/α-hetero) is 1. The van der Waals surface area contributed by atoms with Gasteiger partial charge in [-0.05, 0) is 55.7 Å². The highest BCUT2D eigenvalue weighted by Crippen LogP contribution is 2.41. The number of ether oxygens (including phenoxy) is 1. The second-order valence-electron chi connectivity index (χ2n) is 8.35. The summed E-state index contributed by atoms with van der Waals surface area (Å²) < 4.78 is 5.42. The quantitative estimate of drug-likeness (QED) is 0.354. The third kappa shape index (κ3) is 4.12. The van der Waals surface area contributed by atoms with E-state index in [1.807, 2.05) is 45.0 Å². The summed E-state index contributed by atoms with van der Waals surface area (Å²) in [5.74, 6) is -1.22. The number of hydrogen-bond donors (Lipinski definition) is 1. The fraction of sp³-hybridized carbons (Fsp3) is 0.222. The first kappa shape index (κ1) is 22.3. The minimum Gasteiger partial charge on any atom is -0.507 e. The van der Waals surface area contributed by atoms with E-state index in [1.165, 1.54) is 12.0 Å². The van der Waals surface area contributed by atoms with Crippen molar-refractivity contribution in [3.8, 4) is 5.75 Å². The highest BCUT2D eigenvalue weighted by atomic mass is 16.5. The Morgan fingerprint density at radius 3 is 2.48 bits per heavy atom. The molecule has 0 saturated carbocycles. The van der Waals surface area contributed by atoms with E-state index in [4.69, 9.17) is 4.74 Å². The molecular formula is C27H26N2O4. The zero-order valence-electron chi connectivity index (χ0n) is 19.1. The molecule has 2 heterocycles. The Morgan fingerprint density at radius 2 is 1.79 bits per heavy atom. The summed E-state index contributed by atoms with van der Waals surface area (Å²) in [6.45, 7) is 6.08. The van der Waals surface area contributed by atoms with Crippen LogP contribution in [0.5, 0.6) is 5.75 Å². The summed E-state index contributed by atoms with van der Waals surface area (Å²) in [6.07, 6.45) is 3.25. The Hall–Kier alpha value is -3.93. The molecule has 1 N–H and O–H groups in total. The number of ketones is 1. The van der Waals surface area contributed by atoms with E-state index >= 15 is 0 Å². The van der Waals surface area contributed by atoms with Crippen LogP contribution in [-0.4, -0.2) is 33.8 Å². The van der Waals surface area contributed by atoms with Gasteiger partial charge in [-0.3, -0.25) is 14.6 Å². The number of methoxy groups -OCH3 is 1. The average Bonchev–Trinajstić information content (AvgIpc) is 3.06. The number of hydrogen-bond acceptors (Lipinski definition) is 5. The van der Waals surface area contributed by atoms with Crippen LogP contribution in [0.3, 0.4) is 0 Å². The Balaban J connectivity index is 1.91. The number of pyridine rings is 1. The van der Waals surface area contributed by atoms with E-state index in [1.54, 1.807) is 36.7 Å². The molecule has 0 spiro atoms. The molecule has 2 aromatic carbocycles. The number of rotatable bonds is 5. The molecule has 3 aromatic rings. The lowest BCUT2D eigenvalue weighted by Gasteiger charge is -2.26. The number of amides is 1. The molecule has 1 aliphatic rings. The maximum absolute atomic E-state index is 13.3.